The summed E-state index contributed by atoms with van der Waals surface area (Å²) >= 11 is 0. The van der Waals surface area contributed by atoms with Gasteiger partial charge in [-0.25, -0.2) is 9.97 Å². The molecule has 1 aromatic heterocycles. The second kappa shape index (κ2) is 5.43. The third-order valence-corrected chi connectivity index (χ3v) is 4.85. The van der Waals surface area contributed by atoms with Crippen LogP contribution in [0.25, 0.3) is 11.4 Å². The lowest BCUT2D eigenvalue weighted by molar-refractivity contribution is 0.00578. The Morgan fingerprint density at radius 3 is 1.78 bits per heavy atom. The first-order valence-corrected chi connectivity index (χ1v) is 7.97. The molecular weight excluding hydrogens is 287 g/mol. The van der Waals surface area contributed by atoms with E-state index in [9.17, 15) is 0 Å². The molecule has 4 nitrogen and oxygen atoms in total. The summed E-state index contributed by atoms with van der Waals surface area (Å²) in [5.41, 5.74) is 3.01. The molecule has 0 atom stereocenters. The Morgan fingerprint density at radius 1 is 0.826 bits per heavy atom. The molecule has 1 saturated heterocycles. The molecule has 0 amide bonds. The quantitative estimate of drug-likeness (QED) is 0.800. The van der Waals surface area contributed by atoms with E-state index < -0.39 is 7.12 Å². The van der Waals surface area contributed by atoms with E-state index in [2.05, 4.69) is 37.7 Å². The van der Waals surface area contributed by atoms with Gasteiger partial charge in [-0.2, -0.15) is 0 Å². The number of nitrogens with zero attached hydrogens (tertiary/aromatic N) is 2. The molecule has 1 aliphatic heterocycles. The average Bonchev–Trinajstić information content (AvgIpc) is 2.67. The van der Waals surface area contributed by atoms with E-state index in [4.69, 9.17) is 9.31 Å². The van der Waals surface area contributed by atoms with Gasteiger partial charge in [-0.05, 0) is 41.5 Å². The lowest BCUT2D eigenvalue weighted by Crippen LogP contribution is -2.41. The van der Waals surface area contributed by atoms with Crippen molar-refractivity contribution in [2.24, 2.45) is 0 Å². The van der Waals surface area contributed by atoms with Crippen molar-refractivity contribution in [1.29, 1.82) is 0 Å². The van der Waals surface area contributed by atoms with Crippen molar-refractivity contribution in [3.05, 3.63) is 41.7 Å². The highest BCUT2D eigenvalue weighted by molar-refractivity contribution is 6.63. The highest BCUT2D eigenvalue weighted by Crippen LogP contribution is 2.36. The number of aryl methyl sites for hydroxylation is 2. The second-order valence-electron chi connectivity index (χ2n) is 7.09. The molecule has 120 valence electrons. The van der Waals surface area contributed by atoms with Crippen LogP contribution in [0.3, 0.4) is 0 Å². The molecule has 2 heterocycles. The van der Waals surface area contributed by atoms with Crippen molar-refractivity contribution < 1.29 is 9.31 Å². The third-order valence-electron chi connectivity index (χ3n) is 4.85. The monoisotopic (exact) mass is 310 g/mol. The molecule has 23 heavy (non-hydrogen) atoms. The van der Waals surface area contributed by atoms with Crippen LogP contribution in [0.15, 0.2) is 30.3 Å². The van der Waals surface area contributed by atoms with Gasteiger partial charge in [0.25, 0.3) is 0 Å². The van der Waals surface area contributed by atoms with Gasteiger partial charge in [-0.15, -0.1) is 0 Å². The minimum absolute atomic E-state index is 0.366. The number of rotatable bonds is 2. The van der Waals surface area contributed by atoms with Gasteiger partial charge in [0.15, 0.2) is 5.82 Å². The van der Waals surface area contributed by atoms with E-state index >= 15 is 0 Å². The van der Waals surface area contributed by atoms with Gasteiger partial charge in [0.05, 0.1) is 11.2 Å². The zero-order chi connectivity index (χ0) is 16.8. The Labute approximate surface area is 138 Å². The number of aromatic nitrogens is 2. The summed E-state index contributed by atoms with van der Waals surface area (Å²) in [6, 6.07) is 10.0. The number of benzene rings is 1. The van der Waals surface area contributed by atoms with E-state index in [0.717, 1.165) is 28.2 Å². The van der Waals surface area contributed by atoms with Crippen LogP contribution in [0, 0.1) is 13.8 Å². The molecule has 0 radical (unpaired) electrons. The Bertz CT molecular complexity index is 690. The topological polar surface area (TPSA) is 44.2 Å². The maximum absolute atomic E-state index is 6.16. The standard InChI is InChI=1S/C18H23BN2O2/c1-12-15(19-22-17(3,4)18(5,6)23-19)13(2)21-16(20-12)14-10-8-7-9-11-14/h7-11H,1-6H3. The smallest absolute Gasteiger partial charge is 0.399 e. The molecule has 0 N–H and O–H groups in total. The van der Waals surface area contributed by atoms with E-state index in [-0.39, 0.29) is 11.2 Å². The molecule has 0 spiro atoms. The molecular formula is C18H23BN2O2. The first kappa shape index (κ1) is 16.2. The molecule has 1 aromatic carbocycles. The highest BCUT2D eigenvalue weighted by atomic mass is 16.7. The fraction of sp³-hybridized carbons (Fsp3) is 0.444. The Hall–Kier alpha value is -1.72. The minimum atomic E-state index is -0.426. The number of hydrogen-bond acceptors (Lipinski definition) is 4. The van der Waals surface area contributed by atoms with Gasteiger partial charge in [0.2, 0.25) is 0 Å². The van der Waals surface area contributed by atoms with Crippen molar-refractivity contribution in [2.75, 3.05) is 0 Å². The maximum Gasteiger partial charge on any atom is 0.498 e. The predicted octanol–water partition coefficient (Wildman–Crippen LogP) is 3.06. The van der Waals surface area contributed by atoms with Crippen LogP contribution >= 0.6 is 0 Å². The average molecular weight is 310 g/mol. The SMILES string of the molecule is Cc1nc(-c2ccccc2)nc(C)c1B1OC(C)(C)C(C)(C)O1. The van der Waals surface area contributed by atoms with Gasteiger partial charge in [0.1, 0.15) is 0 Å². The van der Waals surface area contributed by atoms with Crippen molar-refractivity contribution in [1.82, 2.24) is 9.97 Å². The first-order chi connectivity index (χ1) is 10.7. The van der Waals surface area contributed by atoms with Crippen LogP contribution in [0.4, 0.5) is 0 Å². The van der Waals surface area contributed by atoms with E-state index in [1.165, 1.54) is 0 Å². The zero-order valence-corrected chi connectivity index (χ0v) is 14.7. The predicted molar refractivity (Wildman–Crippen MR) is 92.7 cm³/mol. The summed E-state index contributed by atoms with van der Waals surface area (Å²) in [7, 11) is -0.426. The minimum Gasteiger partial charge on any atom is -0.399 e. The van der Waals surface area contributed by atoms with Gasteiger partial charge < -0.3 is 9.31 Å². The first-order valence-electron chi connectivity index (χ1n) is 7.97. The van der Waals surface area contributed by atoms with Gasteiger partial charge in [-0.3, -0.25) is 0 Å². The van der Waals surface area contributed by atoms with Crippen LogP contribution < -0.4 is 5.46 Å². The second-order valence-corrected chi connectivity index (χ2v) is 7.09. The molecule has 0 saturated carbocycles. The van der Waals surface area contributed by atoms with Crippen LogP contribution in [0.2, 0.25) is 0 Å². The summed E-state index contributed by atoms with van der Waals surface area (Å²) in [6.45, 7) is 12.2. The van der Waals surface area contributed by atoms with E-state index in [1.807, 2.05) is 44.2 Å². The normalized spacial score (nSPS) is 19.1. The van der Waals surface area contributed by atoms with Crippen molar-refractivity contribution in [2.45, 2.75) is 52.7 Å². The third kappa shape index (κ3) is 2.79. The summed E-state index contributed by atoms with van der Waals surface area (Å²) in [4.78, 5) is 9.35. The van der Waals surface area contributed by atoms with Crippen molar-refractivity contribution in [3.63, 3.8) is 0 Å². The van der Waals surface area contributed by atoms with Gasteiger partial charge in [-0.1, -0.05) is 30.3 Å². The highest BCUT2D eigenvalue weighted by Gasteiger charge is 2.52. The van der Waals surface area contributed by atoms with E-state index in [1.54, 1.807) is 0 Å². The van der Waals surface area contributed by atoms with Crippen LogP contribution in [0.5, 0.6) is 0 Å². The maximum atomic E-state index is 6.16. The zero-order valence-electron chi connectivity index (χ0n) is 14.7. The van der Waals surface area contributed by atoms with Crippen molar-refractivity contribution in [3.8, 4) is 11.4 Å². The largest absolute Gasteiger partial charge is 0.498 e. The van der Waals surface area contributed by atoms with Crippen LogP contribution in [-0.2, 0) is 9.31 Å². The Morgan fingerprint density at radius 2 is 1.30 bits per heavy atom. The molecule has 3 rings (SSSR count). The summed E-state index contributed by atoms with van der Waals surface area (Å²) in [5, 5.41) is 0. The molecule has 1 fully saturated rings. The van der Waals surface area contributed by atoms with E-state index in [0.29, 0.717) is 0 Å². The number of hydrogen-bond donors (Lipinski definition) is 0. The summed E-state index contributed by atoms with van der Waals surface area (Å²) in [6.07, 6.45) is 0. The molecule has 1 aliphatic rings. The molecule has 0 unspecified atom stereocenters. The Balaban J connectivity index is 2.00. The van der Waals surface area contributed by atoms with Crippen LogP contribution in [-0.4, -0.2) is 28.3 Å². The van der Waals surface area contributed by atoms with Gasteiger partial charge >= 0.3 is 7.12 Å². The fourth-order valence-corrected chi connectivity index (χ4v) is 2.74. The van der Waals surface area contributed by atoms with Crippen LogP contribution in [0.1, 0.15) is 39.1 Å². The lowest BCUT2D eigenvalue weighted by atomic mass is 9.76. The van der Waals surface area contributed by atoms with Crippen molar-refractivity contribution >= 4 is 12.6 Å². The fourth-order valence-electron chi connectivity index (χ4n) is 2.74. The molecule has 5 heteroatoms. The molecule has 0 bridgehead atoms. The Kier molecular flexibility index (Phi) is 3.81. The van der Waals surface area contributed by atoms with Gasteiger partial charge in [0, 0.05) is 22.4 Å². The summed E-state index contributed by atoms with van der Waals surface area (Å²) in [5.74, 6) is 0.737. The molecule has 2 aromatic rings. The molecule has 0 aliphatic carbocycles. The lowest BCUT2D eigenvalue weighted by Gasteiger charge is -2.32. The summed E-state index contributed by atoms with van der Waals surface area (Å²) < 4.78 is 12.3.